The Labute approximate surface area is 215 Å². The van der Waals surface area contributed by atoms with Crippen LogP contribution in [0.25, 0.3) is 54.7 Å². The van der Waals surface area contributed by atoms with Gasteiger partial charge in [0.2, 0.25) is 0 Å². The van der Waals surface area contributed by atoms with Gasteiger partial charge in [-0.15, -0.1) is 0 Å². The van der Waals surface area contributed by atoms with Crippen molar-refractivity contribution >= 4 is 56.1 Å². The highest BCUT2D eigenvalue weighted by Gasteiger charge is 2.51. The van der Waals surface area contributed by atoms with Crippen molar-refractivity contribution in [3.05, 3.63) is 85.2 Å². The lowest BCUT2D eigenvalue weighted by molar-refractivity contribution is 0.00578. The molecule has 1 saturated heterocycles. The summed E-state index contributed by atoms with van der Waals surface area (Å²) in [6, 6.07) is 24.9. The van der Waals surface area contributed by atoms with Gasteiger partial charge in [-0.25, -0.2) is 4.98 Å². The highest BCUT2D eigenvalue weighted by atomic mass is 16.7. The Morgan fingerprint density at radius 3 is 1.92 bits per heavy atom. The van der Waals surface area contributed by atoms with E-state index in [1.54, 1.807) is 0 Å². The zero-order chi connectivity index (χ0) is 25.4. The Hall–Kier alpha value is -3.87. The fourth-order valence-corrected chi connectivity index (χ4v) is 5.35. The number of rotatable bonds is 2. The minimum atomic E-state index is -0.453. The van der Waals surface area contributed by atoms with E-state index in [-0.39, 0.29) is 0 Å². The average molecular weight is 483 g/mol. The summed E-state index contributed by atoms with van der Waals surface area (Å²) in [6.45, 7) is 8.30. The van der Waals surface area contributed by atoms with Crippen molar-refractivity contribution in [3.63, 3.8) is 0 Å². The van der Waals surface area contributed by atoms with E-state index in [1.807, 2.05) is 30.6 Å². The zero-order valence-electron chi connectivity index (χ0n) is 21.3. The topological polar surface area (TPSA) is 57.1 Å². The summed E-state index contributed by atoms with van der Waals surface area (Å²) >= 11 is 0. The number of hydrogen-bond acceptors (Lipinski definition) is 5. The molecule has 3 aromatic carbocycles. The normalized spacial score (nSPS) is 16.8. The molecule has 0 unspecified atom stereocenters. The Bertz CT molecular complexity index is 1830. The first-order valence-corrected chi connectivity index (χ1v) is 12.6. The second kappa shape index (κ2) is 7.82. The number of benzene rings is 3. The molecule has 6 heteroatoms. The van der Waals surface area contributed by atoms with Gasteiger partial charge in [-0.05, 0) is 51.4 Å². The number of aromatic nitrogens is 3. The van der Waals surface area contributed by atoms with Crippen molar-refractivity contribution in [1.29, 1.82) is 0 Å². The quantitative estimate of drug-likeness (QED) is 0.209. The molecule has 4 heterocycles. The van der Waals surface area contributed by atoms with Crippen molar-refractivity contribution in [3.8, 4) is 11.3 Å². The summed E-state index contributed by atoms with van der Waals surface area (Å²) in [5, 5.41) is 5.40. The van der Waals surface area contributed by atoms with Crippen LogP contribution in [0.1, 0.15) is 27.7 Å². The minimum Gasteiger partial charge on any atom is -0.399 e. The van der Waals surface area contributed by atoms with Crippen LogP contribution in [0, 0.1) is 0 Å². The van der Waals surface area contributed by atoms with Gasteiger partial charge in [-0.3, -0.25) is 9.97 Å². The monoisotopic (exact) mass is 483 g/mol. The molecular formula is C31H26BN3O2. The molecule has 6 aromatic rings. The Balaban J connectivity index is 1.60. The molecule has 0 aliphatic carbocycles. The van der Waals surface area contributed by atoms with Crippen molar-refractivity contribution in [1.82, 2.24) is 15.0 Å². The Morgan fingerprint density at radius 2 is 1.27 bits per heavy atom. The van der Waals surface area contributed by atoms with Crippen LogP contribution in [0.3, 0.4) is 0 Å². The average Bonchev–Trinajstić information content (AvgIpc) is 3.14. The minimum absolute atomic E-state index is 0.410. The predicted molar refractivity (Wildman–Crippen MR) is 151 cm³/mol. The van der Waals surface area contributed by atoms with E-state index in [0.29, 0.717) is 0 Å². The second-order valence-corrected chi connectivity index (χ2v) is 10.7. The van der Waals surface area contributed by atoms with Crippen molar-refractivity contribution in [2.75, 3.05) is 0 Å². The smallest absolute Gasteiger partial charge is 0.399 e. The first kappa shape index (κ1) is 22.3. The lowest BCUT2D eigenvalue weighted by Gasteiger charge is -2.32. The summed E-state index contributed by atoms with van der Waals surface area (Å²) < 4.78 is 12.7. The number of hydrogen-bond donors (Lipinski definition) is 0. The molecule has 0 atom stereocenters. The molecule has 1 fully saturated rings. The molecule has 37 heavy (non-hydrogen) atoms. The van der Waals surface area contributed by atoms with Crippen LogP contribution < -0.4 is 5.46 Å². The molecule has 5 nitrogen and oxygen atoms in total. The lowest BCUT2D eigenvalue weighted by Crippen LogP contribution is -2.41. The van der Waals surface area contributed by atoms with Crippen molar-refractivity contribution in [2.45, 2.75) is 38.9 Å². The largest absolute Gasteiger partial charge is 0.494 e. The zero-order valence-corrected chi connectivity index (χ0v) is 21.3. The highest BCUT2D eigenvalue weighted by Crippen LogP contribution is 2.42. The van der Waals surface area contributed by atoms with Crippen LogP contribution >= 0.6 is 0 Å². The Morgan fingerprint density at radius 1 is 0.649 bits per heavy atom. The fraction of sp³-hybridized carbons (Fsp3) is 0.194. The molecule has 7 rings (SSSR count). The number of pyridine rings is 3. The van der Waals surface area contributed by atoms with Crippen LogP contribution in [-0.2, 0) is 9.31 Å². The molecule has 0 spiro atoms. The third kappa shape index (κ3) is 3.29. The highest BCUT2D eigenvalue weighted by molar-refractivity contribution is 6.62. The van der Waals surface area contributed by atoms with Gasteiger partial charge >= 0.3 is 7.12 Å². The SMILES string of the molecule is CC1(C)OB(c2ccc3c(c2)nc(-c2ccccc2)c2c4cccnc4c4ncccc4c32)OC1(C)C. The maximum absolute atomic E-state index is 6.36. The predicted octanol–water partition coefficient (Wildman–Crippen LogP) is 6.45. The first-order chi connectivity index (χ1) is 17.8. The van der Waals surface area contributed by atoms with E-state index in [9.17, 15) is 0 Å². The van der Waals surface area contributed by atoms with Gasteiger partial charge in [0.1, 0.15) is 0 Å². The van der Waals surface area contributed by atoms with Gasteiger partial charge in [0.25, 0.3) is 0 Å². The van der Waals surface area contributed by atoms with Gasteiger partial charge in [0, 0.05) is 44.9 Å². The summed E-state index contributed by atoms with van der Waals surface area (Å²) in [4.78, 5) is 14.8. The first-order valence-electron chi connectivity index (χ1n) is 12.6. The van der Waals surface area contributed by atoms with Crippen LogP contribution in [-0.4, -0.2) is 33.3 Å². The van der Waals surface area contributed by atoms with E-state index in [4.69, 9.17) is 24.3 Å². The molecule has 0 N–H and O–H groups in total. The molecule has 1 aliphatic rings. The third-order valence-electron chi connectivity index (χ3n) is 7.96. The molecule has 180 valence electrons. The molecule has 1 aliphatic heterocycles. The number of nitrogens with zero attached hydrogens (tertiary/aromatic N) is 3. The van der Waals surface area contributed by atoms with Gasteiger partial charge in [-0.2, -0.15) is 0 Å². The van der Waals surface area contributed by atoms with Crippen molar-refractivity contribution < 1.29 is 9.31 Å². The van der Waals surface area contributed by atoms with Crippen LogP contribution in [0.2, 0.25) is 0 Å². The maximum atomic E-state index is 6.36. The Kier molecular flexibility index (Phi) is 4.72. The van der Waals surface area contributed by atoms with Gasteiger partial charge in [0.15, 0.2) is 0 Å². The molecule has 0 bridgehead atoms. The summed E-state index contributed by atoms with van der Waals surface area (Å²) in [5.74, 6) is 0. The molecule has 0 saturated carbocycles. The maximum Gasteiger partial charge on any atom is 0.494 e. The van der Waals surface area contributed by atoms with Crippen LogP contribution in [0.4, 0.5) is 0 Å². The van der Waals surface area contributed by atoms with E-state index >= 15 is 0 Å². The summed E-state index contributed by atoms with van der Waals surface area (Å²) in [7, 11) is -0.453. The van der Waals surface area contributed by atoms with E-state index in [2.05, 4.69) is 82.3 Å². The van der Waals surface area contributed by atoms with Gasteiger partial charge in [-0.1, -0.05) is 54.6 Å². The molecule has 0 radical (unpaired) electrons. The standard InChI is InChI=1S/C31H26BN3O2/c1-30(2)31(3,4)37-32(36-30)20-14-15-21-24(18-20)35-27(19-10-6-5-7-11-19)26-23-13-9-17-34-29(23)28-22(25(21)26)12-8-16-33-28/h5-18H,1-4H3. The van der Waals surface area contributed by atoms with Gasteiger partial charge in [0.05, 0.1) is 33.4 Å². The fourth-order valence-electron chi connectivity index (χ4n) is 5.35. The third-order valence-corrected chi connectivity index (χ3v) is 7.96. The lowest BCUT2D eigenvalue weighted by atomic mass is 9.78. The summed E-state index contributed by atoms with van der Waals surface area (Å²) in [6.07, 6.45) is 3.66. The summed E-state index contributed by atoms with van der Waals surface area (Å²) in [5.41, 5.74) is 4.80. The van der Waals surface area contributed by atoms with E-state index in [0.717, 1.165) is 60.2 Å². The van der Waals surface area contributed by atoms with Crippen LogP contribution in [0.5, 0.6) is 0 Å². The molecule has 3 aromatic heterocycles. The molecule has 0 amide bonds. The second-order valence-electron chi connectivity index (χ2n) is 10.7. The van der Waals surface area contributed by atoms with Crippen molar-refractivity contribution in [2.24, 2.45) is 0 Å². The van der Waals surface area contributed by atoms with Crippen LogP contribution in [0.15, 0.2) is 85.2 Å². The van der Waals surface area contributed by atoms with Gasteiger partial charge < -0.3 is 9.31 Å². The molecular weight excluding hydrogens is 457 g/mol. The number of fused-ring (bicyclic) bond motifs is 8. The van der Waals surface area contributed by atoms with E-state index < -0.39 is 18.3 Å². The van der Waals surface area contributed by atoms with E-state index in [1.165, 1.54) is 0 Å².